The maximum Gasteiger partial charge on any atom is 0.295 e. The molecule has 19 heavy (non-hydrogen) atoms. The number of ether oxygens (including phenoxy) is 1. The highest BCUT2D eigenvalue weighted by Gasteiger charge is 2.14. The van der Waals surface area contributed by atoms with Crippen LogP contribution >= 0.6 is 0 Å². The van der Waals surface area contributed by atoms with Crippen molar-refractivity contribution in [2.24, 2.45) is 0 Å². The zero-order chi connectivity index (χ0) is 13.8. The van der Waals surface area contributed by atoms with E-state index in [1.165, 1.54) is 0 Å². The second kappa shape index (κ2) is 5.51. The first-order chi connectivity index (χ1) is 9.13. The Balaban J connectivity index is 2.18. The van der Waals surface area contributed by atoms with Crippen LogP contribution < -0.4 is 10.1 Å². The van der Waals surface area contributed by atoms with Crippen molar-refractivity contribution < 1.29 is 9.53 Å². The van der Waals surface area contributed by atoms with E-state index in [0.29, 0.717) is 23.7 Å². The minimum atomic E-state index is -0.363. The van der Waals surface area contributed by atoms with Crippen LogP contribution in [0.3, 0.4) is 0 Å². The molecule has 2 aromatic rings. The van der Waals surface area contributed by atoms with Crippen LogP contribution in [0.4, 0.5) is 5.69 Å². The standard InChI is InChI=1S/C13H16N4O2/c1-4-11-15-12(17-16-11)13(18)14-9-6-5-8(2)7-10(9)19-3/h5-7H,4H2,1-3H3,(H,14,18)(H,15,16,17). The molecule has 1 heterocycles. The Hall–Kier alpha value is -2.37. The summed E-state index contributed by atoms with van der Waals surface area (Å²) in [5.74, 6) is 1.05. The summed E-state index contributed by atoms with van der Waals surface area (Å²) in [5.41, 5.74) is 1.65. The fourth-order valence-corrected chi connectivity index (χ4v) is 1.63. The van der Waals surface area contributed by atoms with Gasteiger partial charge in [0.1, 0.15) is 11.6 Å². The van der Waals surface area contributed by atoms with E-state index in [1.54, 1.807) is 13.2 Å². The largest absolute Gasteiger partial charge is 0.495 e. The summed E-state index contributed by atoms with van der Waals surface area (Å²) in [5, 5.41) is 9.31. The Kier molecular flexibility index (Phi) is 3.79. The summed E-state index contributed by atoms with van der Waals surface area (Å²) in [6.45, 7) is 3.89. The van der Waals surface area contributed by atoms with Gasteiger partial charge >= 0.3 is 0 Å². The predicted molar refractivity (Wildman–Crippen MR) is 71.4 cm³/mol. The summed E-state index contributed by atoms with van der Waals surface area (Å²) < 4.78 is 5.23. The highest BCUT2D eigenvalue weighted by molar-refractivity contribution is 6.02. The van der Waals surface area contributed by atoms with Gasteiger partial charge in [-0.2, -0.15) is 0 Å². The third kappa shape index (κ3) is 2.90. The molecule has 1 amide bonds. The number of hydrogen-bond acceptors (Lipinski definition) is 4. The zero-order valence-corrected chi connectivity index (χ0v) is 11.2. The molecule has 0 unspecified atom stereocenters. The SMILES string of the molecule is CCc1nc(C(=O)Nc2ccc(C)cc2OC)n[nH]1. The monoisotopic (exact) mass is 260 g/mol. The van der Waals surface area contributed by atoms with Crippen molar-refractivity contribution in [2.45, 2.75) is 20.3 Å². The van der Waals surface area contributed by atoms with Gasteiger partial charge in [-0.1, -0.05) is 13.0 Å². The lowest BCUT2D eigenvalue weighted by Gasteiger charge is -2.09. The highest BCUT2D eigenvalue weighted by atomic mass is 16.5. The number of nitrogens with zero attached hydrogens (tertiary/aromatic N) is 2. The number of carbonyl (C=O) groups is 1. The molecular weight excluding hydrogens is 244 g/mol. The number of carbonyl (C=O) groups excluding carboxylic acids is 1. The van der Waals surface area contributed by atoms with E-state index in [0.717, 1.165) is 5.56 Å². The molecule has 0 fully saturated rings. The molecule has 1 aromatic heterocycles. The average molecular weight is 260 g/mol. The number of amides is 1. The molecule has 6 nitrogen and oxygen atoms in total. The lowest BCUT2D eigenvalue weighted by atomic mass is 10.2. The van der Waals surface area contributed by atoms with Crippen LogP contribution in [0, 0.1) is 6.92 Å². The summed E-state index contributed by atoms with van der Waals surface area (Å²) in [4.78, 5) is 16.1. The molecule has 0 saturated heterocycles. The van der Waals surface area contributed by atoms with Crippen LogP contribution in [0.25, 0.3) is 0 Å². The van der Waals surface area contributed by atoms with Gasteiger partial charge in [0, 0.05) is 6.42 Å². The molecule has 0 spiro atoms. The molecule has 0 saturated carbocycles. The Morgan fingerprint density at radius 1 is 1.47 bits per heavy atom. The number of benzene rings is 1. The van der Waals surface area contributed by atoms with Crippen LogP contribution in [-0.2, 0) is 6.42 Å². The molecule has 0 aliphatic heterocycles. The van der Waals surface area contributed by atoms with E-state index in [2.05, 4.69) is 20.5 Å². The van der Waals surface area contributed by atoms with Crippen LogP contribution in [0.2, 0.25) is 0 Å². The van der Waals surface area contributed by atoms with Gasteiger partial charge in [-0.15, -0.1) is 5.10 Å². The number of aromatic amines is 1. The Morgan fingerprint density at radius 3 is 2.89 bits per heavy atom. The van der Waals surface area contributed by atoms with Crippen molar-refractivity contribution in [3.8, 4) is 5.75 Å². The van der Waals surface area contributed by atoms with E-state index < -0.39 is 0 Å². The van der Waals surface area contributed by atoms with Crippen LogP contribution in [0.15, 0.2) is 18.2 Å². The summed E-state index contributed by atoms with van der Waals surface area (Å²) in [7, 11) is 1.56. The first-order valence-corrected chi connectivity index (χ1v) is 6.01. The quantitative estimate of drug-likeness (QED) is 0.880. The molecule has 0 atom stereocenters. The van der Waals surface area contributed by atoms with E-state index in [1.807, 2.05) is 26.0 Å². The number of rotatable bonds is 4. The van der Waals surface area contributed by atoms with Crippen molar-refractivity contribution in [1.29, 1.82) is 0 Å². The number of nitrogens with one attached hydrogen (secondary N) is 2. The predicted octanol–water partition coefficient (Wildman–Crippen LogP) is 1.94. The van der Waals surface area contributed by atoms with Crippen molar-refractivity contribution in [3.05, 3.63) is 35.4 Å². The van der Waals surface area contributed by atoms with E-state index in [4.69, 9.17) is 4.74 Å². The van der Waals surface area contributed by atoms with Gasteiger partial charge in [-0.25, -0.2) is 4.98 Å². The van der Waals surface area contributed by atoms with Gasteiger partial charge in [-0.05, 0) is 24.6 Å². The third-order valence-corrected chi connectivity index (χ3v) is 2.67. The summed E-state index contributed by atoms with van der Waals surface area (Å²) in [6.07, 6.45) is 0.703. The van der Waals surface area contributed by atoms with Gasteiger partial charge in [0.05, 0.1) is 12.8 Å². The normalized spacial score (nSPS) is 10.3. The lowest BCUT2D eigenvalue weighted by molar-refractivity contribution is 0.101. The number of anilines is 1. The van der Waals surface area contributed by atoms with Crippen molar-refractivity contribution >= 4 is 11.6 Å². The van der Waals surface area contributed by atoms with E-state index >= 15 is 0 Å². The molecular formula is C13H16N4O2. The third-order valence-electron chi connectivity index (χ3n) is 2.67. The molecule has 6 heteroatoms. The fourth-order valence-electron chi connectivity index (χ4n) is 1.63. The number of aromatic nitrogens is 3. The second-order valence-electron chi connectivity index (χ2n) is 4.12. The van der Waals surface area contributed by atoms with E-state index in [-0.39, 0.29) is 11.7 Å². The minimum absolute atomic E-state index is 0.125. The smallest absolute Gasteiger partial charge is 0.295 e. The van der Waals surface area contributed by atoms with Gasteiger partial charge in [-0.3, -0.25) is 9.89 Å². The highest BCUT2D eigenvalue weighted by Crippen LogP contribution is 2.25. The summed E-state index contributed by atoms with van der Waals surface area (Å²) in [6, 6.07) is 5.54. The minimum Gasteiger partial charge on any atom is -0.495 e. The molecule has 0 radical (unpaired) electrons. The van der Waals surface area contributed by atoms with Crippen LogP contribution in [-0.4, -0.2) is 28.2 Å². The topological polar surface area (TPSA) is 79.9 Å². The maximum atomic E-state index is 12.0. The molecule has 0 aliphatic carbocycles. The van der Waals surface area contributed by atoms with Crippen LogP contribution in [0.5, 0.6) is 5.75 Å². The van der Waals surface area contributed by atoms with Crippen molar-refractivity contribution in [2.75, 3.05) is 12.4 Å². The van der Waals surface area contributed by atoms with E-state index in [9.17, 15) is 4.79 Å². The zero-order valence-electron chi connectivity index (χ0n) is 11.2. The van der Waals surface area contributed by atoms with Gasteiger partial charge in [0.15, 0.2) is 0 Å². The maximum absolute atomic E-state index is 12.0. The van der Waals surface area contributed by atoms with Gasteiger partial charge < -0.3 is 10.1 Å². The number of methoxy groups -OCH3 is 1. The summed E-state index contributed by atoms with van der Waals surface area (Å²) >= 11 is 0. The first-order valence-electron chi connectivity index (χ1n) is 6.01. The number of hydrogen-bond donors (Lipinski definition) is 2. The fraction of sp³-hybridized carbons (Fsp3) is 0.308. The Labute approximate surface area is 111 Å². The Morgan fingerprint density at radius 2 is 2.26 bits per heavy atom. The van der Waals surface area contributed by atoms with Gasteiger partial charge in [0.2, 0.25) is 5.82 Å². The molecule has 0 aliphatic rings. The number of H-pyrrole nitrogens is 1. The van der Waals surface area contributed by atoms with Crippen molar-refractivity contribution in [1.82, 2.24) is 15.2 Å². The van der Waals surface area contributed by atoms with Crippen LogP contribution in [0.1, 0.15) is 28.9 Å². The molecule has 2 N–H and O–H groups in total. The molecule has 1 aromatic carbocycles. The Bertz CT molecular complexity index is 592. The molecule has 2 rings (SSSR count). The van der Waals surface area contributed by atoms with Crippen molar-refractivity contribution in [3.63, 3.8) is 0 Å². The second-order valence-corrected chi connectivity index (χ2v) is 4.12. The first kappa shape index (κ1) is 13.1. The molecule has 0 bridgehead atoms. The van der Waals surface area contributed by atoms with Gasteiger partial charge in [0.25, 0.3) is 5.91 Å². The lowest BCUT2D eigenvalue weighted by Crippen LogP contribution is -2.14. The average Bonchev–Trinajstić information content (AvgIpc) is 2.89. The number of aryl methyl sites for hydroxylation is 2. The molecule has 100 valence electrons.